The van der Waals surface area contributed by atoms with E-state index in [9.17, 15) is 9.90 Å². The minimum atomic E-state index is -1.39. The number of rotatable bonds is 4. The summed E-state index contributed by atoms with van der Waals surface area (Å²) in [5.41, 5.74) is -0.422. The van der Waals surface area contributed by atoms with E-state index in [4.69, 9.17) is 4.74 Å². The van der Waals surface area contributed by atoms with Gasteiger partial charge >= 0.3 is 6.09 Å². The van der Waals surface area contributed by atoms with Gasteiger partial charge in [0.05, 0.1) is 6.54 Å². The van der Waals surface area contributed by atoms with Crippen molar-refractivity contribution in [1.82, 2.24) is 4.90 Å². The first-order chi connectivity index (χ1) is 10.9. The first-order valence-electron chi connectivity index (χ1n) is 7.73. The molecule has 23 heavy (non-hydrogen) atoms. The van der Waals surface area contributed by atoms with Gasteiger partial charge in [0.25, 0.3) is 0 Å². The van der Waals surface area contributed by atoms with Crippen LogP contribution in [0.3, 0.4) is 0 Å². The van der Waals surface area contributed by atoms with Crippen LogP contribution in [0.15, 0.2) is 60.7 Å². The molecule has 3 rings (SSSR count). The molecule has 4 nitrogen and oxygen atoms in total. The molecule has 1 saturated heterocycles. The normalized spacial score (nSPS) is 27.1. The number of carbonyl (C=O) groups is 1. The Hall–Kier alpha value is -2.33. The molecule has 0 aromatic heterocycles. The number of amides is 1. The van der Waals surface area contributed by atoms with Gasteiger partial charge in [-0.25, -0.2) is 4.79 Å². The molecule has 0 bridgehead atoms. The third-order valence-corrected chi connectivity index (χ3v) is 4.63. The quantitative estimate of drug-likeness (QED) is 0.942. The number of carbonyl (C=O) groups excluding carboxylic acids is 1. The lowest BCUT2D eigenvalue weighted by Gasteiger charge is -2.37. The van der Waals surface area contributed by atoms with E-state index in [1.807, 2.05) is 60.7 Å². The molecule has 120 valence electrons. The van der Waals surface area contributed by atoms with Crippen molar-refractivity contribution in [1.29, 1.82) is 0 Å². The predicted molar refractivity (Wildman–Crippen MR) is 87.6 cm³/mol. The number of ether oxygens (including phenoxy) is 1. The molecule has 2 aromatic carbocycles. The Labute approximate surface area is 136 Å². The van der Waals surface area contributed by atoms with Crippen LogP contribution >= 0.6 is 0 Å². The largest absolute Gasteiger partial charge is 0.438 e. The van der Waals surface area contributed by atoms with Crippen molar-refractivity contribution in [3.63, 3.8) is 0 Å². The highest BCUT2D eigenvalue weighted by Gasteiger charge is 2.59. The van der Waals surface area contributed by atoms with Gasteiger partial charge in [0.2, 0.25) is 0 Å². The minimum Gasteiger partial charge on any atom is -0.438 e. The summed E-state index contributed by atoms with van der Waals surface area (Å²) in [5, 5.41) is 11.0. The third-order valence-electron chi connectivity index (χ3n) is 4.63. The smallest absolute Gasteiger partial charge is 0.413 e. The standard InChI is InChI=1S/C19H21NO3/c1-18(13-15-9-5-3-6-10-15)19(2,22)20(17(21)23-18)14-16-11-7-4-8-12-16/h3-12,22H,13-14H2,1-2H3/t18-,19+/m0/s1. The molecular weight excluding hydrogens is 290 g/mol. The predicted octanol–water partition coefficient (Wildman–Crippen LogP) is 3.35. The maximum absolute atomic E-state index is 12.3. The van der Waals surface area contributed by atoms with E-state index in [-0.39, 0.29) is 0 Å². The van der Waals surface area contributed by atoms with Gasteiger partial charge in [0, 0.05) is 6.42 Å². The summed E-state index contributed by atoms with van der Waals surface area (Å²) in [6.45, 7) is 3.74. The lowest BCUT2D eigenvalue weighted by atomic mass is 9.86. The molecule has 2 atom stereocenters. The van der Waals surface area contributed by atoms with Gasteiger partial charge in [-0.3, -0.25) is 4.90 Å². The molecular formula is C19H21NO3. The second-order valence-corrected chi connectivity index (χ2v) is 6.35. The Morgan fingerprint density at radius 2 is 1.48 bits per heavy atom. The summed E-state index contributed by atoms with van der Waals surface area (Å²) in [7, 11) is 0. The highest BCUT2D eigenvalue weighted by Crippen LogP contribution is 2.40. The number of nitrogens with zero attached hydrogens (tertiary/aromatic N) is 1. The van der Waals surface area contributed by atoms with Crippen LogP contribution in [0.2, 0.25) is 0 Å². The zero-order valence-corrected chi connectivity index (χ0v) is 13.4. The SMILES string of the molecule is C[C@]1(O)N(Cc2ccccc2)C(=O)O[C@@]1(C)Cc1ccccc1. The fourth-order valence-corrected chi connectivity index (χ4v) is 2.98. The third kappa shape index (κ3) is 2.82. The molecule has 0 spiro atoms. The summed E-state index contributed by atoms with van der Waals surface area (Å²) in [6, 6.07) is 19.3. The molecule has 1 amide bonds. The van der Waals surface area contributed by atoms with Crippen LogP contribution in [0.4, 0.5) is 4.79 Å². The molecule has 1 aliphatic heterocycles. The zero-order valence-electron chi connectivity index (χ0n) is 13.4. The van der Waals surface area contributed by atoms with Gasteiger partial charge in [-0.15, -0.1) is 0 Å². The molecule has 1 heterocycles. The van der Waals surface area contributed by atoms with E-state index in [0.29, 0.717) is 13.0 Å². The molecule has 0 unspecified atom stereocenters. The molecule has 0 aliphatic carbocycles. The molecule has 1 aliphatic rings. The summed E-state index contributed by atoms with van der Waals surface area (Å²) in [4.78, 5) is 13.7. The average Bonchev–Trinajstić information content (AvgIpc) is 2.69. The maximum atomic E-state index is 12.3. The van der Waals surface area contributed by atoms with Crippen molar-refractivity contribution in [2.75, 3.05) is 0 Å². The zero-order chi connectivity index (χ0) is 16.5. The van der Waals surface area contributed by atoms with Crippen LogP contribution in [-0.4, -0.2) is 27.4 Å². The lowest BCUT2D eigenvalue weighted by molar-refractivity contribution is -0.137. The van der Waals surface area contributed by atoms with Gasteiger partial charge < -0.3 is 9.84 Å². The second-order valence-electron chi connectivity index (χ2n) is 6.35. The number of cyclic esters (lactones) is 1. The van der Waals surface area contributed by atoms with Crippen LogP contribution in [0.25, 0.3) is 0 Å². The average molecular weight is 311 g/mol. The summed E-state index contributed by atoms with van der Waals surface area (Å²) < 4.78 is 5.59. The summed E-state index contributed by atoms with van der Waals surface area (Å²) in [5.74, 6) is 0. The fourth-order valence-electron chi connectivity index (χ4n) is 2.98. The van der Waals surface area contributed by atoms with Crippen molar-refractivity contribution in [2.45, 2.75) is 38.1 Å². The Kier molecular flexibility index (Phi) is 3.86. The van der Waals surface area contributed by atoms with Gasteiger partial charge in [-0.2, -0.15) is 0 Å². The van der Waals surface area contributed by atoms with Crippen LogP contribution in [-0.2, 0) is 17.7 Å². The van der Waals surface area contributed by atoms with Crippen molar-refractivity contribution in [3.05, 3.63) is 71.8 Å². The van der Waals surface area contributed by atoms with Gasteiger partial charge in [-0.1, -0.05) is 60.7 Å². The second kappa shape index (κ2) is 5.70. The molecule has 0 radical (unpaired) electrons. The van der Waals surface area contributed by atoms with E-state index in [0.717, 1.165) is 11.1 Å². The van der Waals surface area contributed by atoms with Crippen molar-refractivity contribution in [3.8, 4) is 0 Å². The molecule has 4 heteroatoms. The summed E-state index contributed by atoms with van der Waals surface area (Å²) >= 11 is 0. The maximum Gasteiger partial charge on any atom is 0.413 e. The van der Waals surface area contributed by atoms with E-state index < -0.39 is 17.4 Å². The topological polar surface area (TPSA) is 49.8 Å². The van der Waals surface area contributed by atoms with E-state index in [1.54, 1.807) is 13.8 Å². The van der Waals surface area contributed by atoms with Crippen molar-refractivity contribution in [2.24, 2.45) is 0 Å². The Morgan fingerprint density at radius 1 is 0.957 bits per heavy atom. The van der Waals surface area contributed by atoms with E-state index in [2.05, 4.69) is 0 Å². The van der Waals surface area contributed by atoms with Crippen LogP contribution in [0, 0.1) is 0 Å². The molecule has 1 fully saturated rings. The van der Waals surface area contributed by atoms with Crippen LogP contribution < -0.4 is 0 Å². The van der Waals surface area contributed by atoms with Crippen molar-refractivity contribution >= 4 is 6.09 Å². The number of aliphatic hydroxyl groups is 1. The highest BCUT2D eigenvalue weighted by molar-refractivity contribution is 5.72. The lowest BCUT2D eigenvalue weighted by Crippen LogP contribution is -2.55. The van der Waals surface area contributed by atoms with Crippen molar-refractivity contribution < 1.29 is 14.6 Å². The number of benzene rings is 2. The molecule has 2 aromatic rings. The molecule has 0 saturated carbocycles. The van der Waals surface area contributed by atoms with E-state index in [1.165, 1.54) is 4.90 Å². The number of hydrogen-bond acceptors (Lipinski definition) is 3. The van der Waals surface area contributed by atoms with Crippen LogP contribution in [0.5, 0.6) is 0 Å². The monoisotopic (exact) mass is 311 g/mol. The Morgan fingerprint density at radius 3 is 2.04 bits per heavy atom. The first kappa shape index (κ1) is 15.6. The first-order valence-corrected chi connectivity index (χ1v) is 7.73. The van der Waals surface area contributed by atoms with Crippen LogP contribution in [0.1, 0.15) is 25.0 Å². The number of hydrogen-bond donors (Lipinski definition) is 1. The molecule has 1 N–H and O–H groups in total. The fraction of sp³-hybridized carbons (Fsp3) is 0.316. The van der Waals surface area contributed by atoms with Gasteiger partial charge in [0.15, 0.2) is 11.3 Å². The van der Waals surface area contributed by atoms with E-state index >= 15 is 0 Å². The Balaban J connectivity index is 1.85. The Bertz CT molecular complexity index is 684. The minimum absolute atomic E-state index is 0.317. The highest BCUT2D eigenvalue weighted by atomic mass is 16.6. The summed E-state index contributed by atoms with van der Waals surface area (Å²) in [6.07, 6.45) is -0.0324. The van der Waals surface area contributed by atoms with Gasteiger partial charge in [0.1, 0.15) is 0 Å². The van der Waals surface area contributed by atoms with Gasteiger partial charge in [-0.05, 0) is 25.0 Å².